The molecule has 144 valence electrons. The number of hydrogen-bond acceptors (Lipinski definition) is 6. The Bertz CT molecular complexity index is 1270. The fraction of sp³-hybridized carbons (Fsp3) is 0.211. The second-order valence-corrected chi connectivity index (χ2v) is 9.00. The summed E-state index contributed by atoms with van der Waals surface area (Å²) in [5.74, 6) is 0.709. The van der Waals surface area contributed by atoms with Gasteiger partial charge in [0.1, 0.15) is 5.82 Å². The smallest absolute Gasteiger partial charge is 0.229 e. The highest BCUT2D eigenvalue weighted by atomic mass is 79.9. The standard InChI is InChI=1S/C19H18BrN5O2S/c1-3-24(4-2)17-15-12-13(20)10-11-16(15)25-18(21-17)19(22-23-25)28(26,27)14-8-6-5-7-9-14/h5-12H,3-4H2,1-2H3. The van der Waals surface area contributed by atoms with Crippen LogP contribution in [-0.4, -0.2) is 41.3 Å². The van der Waals surface area contributed by atoms with Gasteiger partial charge in [-0.25, -0.2) is 13.4 Å². The number of sulfone groups is 1. The second kappa shape index (κ2) is 7.14. The summed E-state index contributed by atoms with van der Waals surface area (Å²) in [6, 6.07) is 14.0. The Morgan fingerprint density at radius 2 is 1.79 bits per heavy atom. The van der Waals surface area contributed by atoms with Gasteiger partial charge in [0.25, 0.3) is 0 Å². The Labute approximate surface area is 171 Å². The van der Waals surface area contributed by atoms with Gasteiger partial charge in [-0.3, -0.25) is 0 Å². The van der Waals surface area contributed by atoms with Crippen LogP contribution in [0.1, 0.15) is 13.8 Å². The van der Waals surface area contributed by atoms with Gasteiger partial charge in [0.05, 0.1) is 10.4 Å². The summed E-state index contributed by atoms with van der Waals surface area (Å²) in [7, 11) is -3.84. The van der Waals surface area contributed by atoms with Gasteiger partial charge in [0.2, 0.25) is 14.9 Å². The van der Waals surface area contributed by atoms with E-state index in [4.69, 9.17) is 4.98 Å². The van der Waals surface area contributed by atoms with E-state index >= 15 is 0 Å². The molecule has 4 aromatic rings. The maximum atomic E-state index is 13.1. The zero-order valence-electron chi connectivity index (χ0n) is 15.4. The van der Waals surface area contributed by atoms with Crippen molar-refractivity contribution in [1.82, 2.24) is 19.8 Å². The third kappa shape index (κ3) is 2.94. The lowest BCUT2D eigenvalue weighted by molar-refractivity contribution is 0.592. The monoisotopic (exact) mass is 459 g/mol. The quantitative estimate of drug-likeness (QED) is 0.452. The molecule has 0 atom stereocenters. The summed E-state index contributed by atoms with van der Waals surface area (Å²) in [5, 5.41) is 8.84. The molecule has 0 aliphatic rings. The maximum Gasteiger partial charge on any atom is 0.229 e. The molecule has 0 fully saturated rings. The topological polar surface area (TPSA) is 80.5 Å². The van der Waals surface area contributed by atoms with Gasteiger partial charge in [0.15, 0.2) is 5.65 Å². The Hall–Kier alpha value is -2.52. The fourth-order valence-electron chi connectivity index (χ4n) is 3.20. The van der Waals surface area contributed by atoms with Crippen molar-refractivity contribution in [2.75, 3.05) is 18.0 Å². The van der Waals surface area contributed by atoms with Crippen molar-refractivity contribution in [3.05, 3.63) is 53.0 Å². The van der Waals surface area contributed by atoms with Gasteiger partial charge in [-0.2, -0.15) is 4.52 Å². The number of fused-ring (bicyclic) bond motifs is 3. The third-order valence-corrected chi connectivity index (χ3v) is 6.79. The number of aromatic nitrogens is 4. The minimum absolute atomic E-state index is 0.142. The summed E-state index contributed by atoms with van der Waals surface area (Å²) in [6.07, 6.45) is 0. The molecule has 2 heterocycles. The SMILES string of the molecule is CCN(CC)c1nc2c(S(=O)(=O)c3ccccc3)nnn2c2ccc(Br)cc12. The van der Waals surface area contributed by atoms with Crippen LogP contribution in [0.15, 0.2) is 62.9 Å². The second-order valence-electron chi connectivity index (χ2n) is 6.22. The first-order valence-electron chi connectivity index (χ1n) is 8.87. The van der Waals surface area contributed by atoms with E-state index in [9.17, 15) is 8.42 Å². The van der Waals surface area contributed by atoms with Crippen molar-refractivity contribution in [2.45, 2.75) is 23.8 Å². The van der Waals surface area contributed by atoms with Crippen LogP contribution >= 0.6 is 15.9 Å². The van der Waals surface area contributed by atoms with Gasteiger partial charge < -0.3 is 4.90 Å². The molecule has 28 heavy (non-hydrogen) atoms. The van der Waals surface area contributed by atoms with Gasteiger partial charge >= 0.3 is 0 Å². The molecule has 4 rings (SSSR count). The molecular formula is C19H18BrN5O2S. The van der Waals surface area contributed by atoms with Crippen LogP contribution < -0.4 is 4.90 Å². The van der Waals surface area contributed by atoms with E-state index in [1.54, 1.807) is 30.3 Å². The van der Waals surface area contributed by atoms with Crippen molar-refractivity contribution in [1.29, 1.82) is 0 Å². The number of benzene rings is 2. The van der Waals surface area contributed by atoms with Gasteiger partial charge in [-0.1, -0.05) is 39.3 Å². The normalized spacial score (nSPS) is 12.0. The van der Waals surface area contributed by atoms with E-state index in [1.807, 2.05) is 32.0 Å². The molecule has 0 spiro atoms. The Morgan fingerprint density at radius 1 is 1.07 bits per heavy atom. The van der Waals surface area contributed by atoms with Crippen molar-refractivity contribution in [3.63, 3.8) is 0 Å². The van der Waals surface area contributed by atoms with E-state index in [2.05, 4.69) is 31.1 Å². The van der Waals surface area contributed by atoms with Crippen LogP contribution in [0, 0.1) is 0 Å². The average molecular weight is 460 g/mol. The van der Waals surface area contributed by atoms with Crippen LogP contribution in [-0.2, 0) is 9.84 Å². The molecule has 0 N–H and O–H groups in total. The number of halogens is 1. The molecule has 0 aliphatic carbocycles. The largest absolute Gasteiger partial charge is 0.357 e. The molecule has 9 heteroatoms. The first-order valence-corrected chi connectivity index (χ1v) is 11.1. The number of hydrogen-bond donors (Lipinski definition) is 0. The summed E-state index contributed by atoms with van der Waals surface area (Å²) in [4.78, 5) is 6.95. The maximum absolute atomic E-state index is 13.1. The first kappa shape index (κ1) is 18.8. The van der Waals surface area contributed by atoms with Crippen LogP contribution in [0.25, 0.3) is 16.6 Å². The van der Waals surface area contributed by atoms with Crippen molar-refractivity contribution in [3.8, 4) is 0 Å². The molecule has 0 amide bonds. The molecule has 0 saturated heterocycles. The van der Waals surface area contributed by atoms with Crippen LogP contribution in [0.4, 0.5) is 5.82 Å². The number of nitrogens with zero attached hydrogens (tertiary/aromatic N) is 5. The molecular weight excluding hydrogens is 442 g/mol. The van der Waals surface area contributed by atoms with Gasteiger partial charge in [0, 0.05) is 22.9 Å². The average Bonchev–Trinajstić information content (AvgIpc) is 3.14. The van der Waals surface area contributed by atoms with Crippen LogP contribution in [0.5, 0.6) is 0 Å². The molecule has 7 nitrogen and oxygen atoms in total. The predicted octanol–water partition coefficient (Wildman–Crippen LogP) is 3.72. The highest BCUT2D eigenvalue weighted by molar-refractivity contribution is 9.10. The van der Waals surface area contributed by atoms with Crippen LogP contribution in [0.2, 0.25) is 0 Å². The molecule has 0 saturated carbocycles. The first-order chi connectivity index (χ1) is 13.5. The van der Waals surface area contributed by atoms with Crippen molar-refractivity contribution in [2.24, 2.45) is 0 Å². The molecule has 0 radical (unpaired) electrons. The zero-order valence-corrected chi connectivity index (χ0v) is 17.8. The number of anilines is 1. The van der Waals surface area contributed by atoms with E-state index in [1.165, 1.54) is 4.52 Å². The highest BCUT2D eigenvalue weighted by Gasteiger charge is 2.27. The fourth-order valence-corrected chi connectivity index (χ4v) is 4.82. The minimum atomic E-state index is -3.84. The molecule has 2 aromatic carbocycles. The van der Waals surface area contributed by atoms with Crippen LogP contribution in [0.3, 0.4) is 0 Å². The molecule has 0 unspecified atom stereocenters. The van der Waals surface area contributed by atoms with Crippen molar-refractivity contribution < 1.29 is 8.42 Å². The Morgan fingerprint density at radius 3 is 2.46 bits per heavy atom. The lowest BCUT2D eigenvalue weighted by Crippen LogP contribution is -2.23. The minimum Gasteiger partial charge on any atom is -0.357 e. The van der Waals surface area contributed by atoms with E-state index in [0.29, 0.717) is 5.82 Å². The molecule has 2 aromatic heterocycles. The van der Waals surface area contributed by atoms with Gasteiger partial charge in [-0.05, 0) is 44.2 Å². The van der Waals surface area contributed by atoms with E-state index < -0.39 is 9.84 Å². The van der Waals surface area contributed by atoms with Gasteiger partial charge in [-0.15, -0.1) is 5.10 Å². The Balaban J connectivity index is 2.07. The van der Waals surface area contributed by atoms with E-state index in [-0.39, 0.29) is 15.6 Å². The number of rotatable bonds is 5. The summed E-state index contributed by atoms with van der Waals surface area (Å²) in [5.41, 5.74) is 0.970. The lowest BCUT2D eigenvalue weighted by Gasteiger charge is -2.22. The molecule has 0 aliphatic heterocycles. The Kier molecular flexibility index (Phi) is 4.80. The predicted molar refractivity (Wildman–Crippen MR) is 111 cm³/mol. The van der Waals surface area contributed by atoms with Crippen molar-refractivity contribution >= 4 is 48.1 Å². The molecule has 0 bridgehead atoms. The summed E-state index contributed by atoms with van der Waals surface area (Å²) in [6.45, 7) is 5.55. The zero-order chi connectivity index (χ0) is 19.9. The highest BCUT2D eigenvalue weighted by Crippen LogP contribution is 2.31. The lowest BCUT2D eigenvalue weighted by atomic mass is 10.2. The summed E-state index contributed by atoms with van der Waals surface area (Å²) >= 11 is 3.50. The summed E-state index contributed by atoms with van der Waals surface area (Å²) < 4.78 is 28.7. The van der Waals surface area contributed by atoms with E-state index in [0.717, 1.165) is 28.5 Å². The third-order valence-electron chi connectivity index (χ3n) is 4.63.